The Bertz CT molecular complexity index is 502. The normalized spacial score (nSPS) is 45.9. The lowest BCUT2D eigenvalue weighted by molar-refractivity contribution is -0.163. The molecule has 4 atom stereocenters. The summed E-state index contributed by atoms with van der Waals surface area (Å²) in [5, 5.41) is 10.6. The summed E-state index contributed by atoms with van der Waals surface area (Å²) in [5.74, 6) is -0.185. The monoisotopic (exact) mass is 264 g/mol. The van der Waals surface area contributed by atoms with Gasteiger partial charge in [-0.3, -0.25) is 4.79 Å². The lowest BCUT2D eigenvalue weighted by Gasteiger charge is -2.52. The summed E-state index contributed by atoms with van der Waals surface area (Å²) in [6, 6.07) is 0. The van der Waals surface area contributed by atoms with E-state index in [0.29, 0.717) is 31.3 Å². The van der Waals surface area contributed by atoms with Crippen molar-refractivity contribution in [2.45, 2.75) is 58.2 Å². The summed E-state index contributed by atoms with van der Waals surface area (Å²) in [4.78, 5) is 24.0. The van der Waals surface area contributed by atoms with Gasteiger partial charge in [-0.1, -0.05) is 6.92 Å². The predicted molar refractivity (Wildman–Crippen MR) is 68.3 cm³/mol. The fourth-order valence-electron chi connectivity index (χ4n) is 4.12. The molecular formula is C15H20O4. The first kappa shape index (κ1) is 12.9. The number of aliphatic hydroxyl groups is 1. The van der Waals surface area contributed by atoms with Crippen LogP contribution < -0.4 is 0 Å². The first-order valence-electron chi connectivity index (χ1n) is 6.92. The molecular weight excluding hydrogens is 244 g/mol. The first-order valence-corrected chi connectivity index (χ1v) is 6.92. The second kappa shape index (κ2) is 3.69. The molecule has 2 aliphatic carbocycles. The number of ketones is 1. The van der Waals surface area contributed by atoms with Gasteiger partial charge in [-0.15, -0.1) is 0 Å². The topological polar surface area (TPSA) is 63.6 Å². The van der Waals surface area contributed by atoms with E-state index in [1.807, 2.05) is 13.8 Å². The lowest BCUT2D eigenvalue weighted by Crippen LogP contribution is -2.56. The van der Waals surface area contributed by atoms with Crippen molar-refractivity contribution in [1.29, 1.82) is 0 Å². The molecule has 0 bridgehead atoms. The van der Waals surface area contributed by atoms with Crippen LogP contribution in [-0.2, 0) is 14.3 Å². The third kappa shape index (κ3) is 1.62. The molecule has 4 unspecified atom stereocenters. The molecule has 0 aromatic rings. The van der Waals surface area contributed by atoms with Gasteiger partial charge in [-0.2, -0.15) is 0 Å². The summed E-state index contributed by atoms with van der Waals surface area (Å²) in [5.41, 5.74) is 0.246. The Morgan fingerprint density at radius 1 is 1.32 bits per heavy atom. The molecule has 1 N–H and O–H groups in total. The zero-order valence-corrected chi connectivity index (χ0v) is 11.7. The van der Waals surface area contributed by atoms with E-state index in [9.17, 15) is 14.7 Å². The van der Waals surface area contributed by atoms with E-state index >= 15 is 0 Å². The smallest absolute Gasteiger partial charge is 0.334 e. The Hall–Kier alpha value is -1.16. The average molecular weight is 264 g/mol. The van der Waals surface area contributed by atoms with Crippen LogP contribution >= 0.6 is 0 Å². The van der Waals surface area contributed by atoms with Gasteiger partial charge in [0, 0.05) is 29.7 Å². The van der Waals surface area contributed by atoms with Crippen molar-refractivity contribution in [2.24, 2.45) is 11.3 Å². The molecule has 4 heteroatoms. The van der Waals surface area contributed by atoms with Crippen LogP contribution in [-0.4, -0.2) is 28.6 Å². The molecule has 0 aromatic heterocycles. The molecule has 0 aromatic carbocycles. The maximum Gasteiger partial charge on any atom is 0.334 e. The minimum absolute atomic E-state index is 0.114. The van der Waals surface area contributed by atoms with Crippen LogP contribution in [0.4, 0.5) is 0 Å². The van der Waals surface area contributed by atoms with Crippen LogP contribution in [0, 0.1) is 11.3 Å². The maximum atomic E-state index is 12.3. The molecule has 1 heterocycles. The van der Waals surface area contributed by atoms with Gasteiger partial charge in [-0.25, -0.2) is 4.79 Å². The fourth-order valence-corrected chi connectivity index (χ4v) is 4.12. The van der Waals surface area contributed by atoms with Crippen LogP contribution in [0.5, 0.6) is 0 Å². The van der Waals surface area contributed by atoms with Gasteiger partial charge in [0.1, 0.15) is 11.9 Å². The zero-order valence-electron chi connectivity index (χ0n) is 11.7. The number of carbonyl (C=O) groups is 2. The van der Waals surface area contributed by atoms with E-state index in [4.69, 9.17) is 4.74 Å². The highest BCUT2D eigenvalue weighted by Crippen LogP contribution is 2.55. The molecule has 1 aliphatic heterocycles. The standard InChI is InChI=1S/C15H20O4/c1-8-9-6-11-14(2,7-10(9)19-13(8)17)12(16)4-5-15(11,3)18/h10-11,18H,4-7H2,1-3H3. The number of hydrogen-bond acceptors (Lipinski definition) is 4. The van der Waals surface area contributed by atoms with E-state index in [1.165, 1.54) is 0 Å². The van der Waals surface area contributed by atoms with Gasteiger partial charge < -0.3 is 9.84 Å². The van der Waals surface area contributed by atoms with Crippen molar-refractivity contribution in [3.05, 3.63) is 11.1 Å². The molecule has 0 spiro atoms. The van der Waals surface area contributed by atoms with Crippen LogP contribution in [0.1, 0.15) is 46.5 Å². The van der Waals surface area contributed by atoms with E-state index in [1.54, 1.807) is 6.92 Å². The van der Waals surface area contributed by atoms with Crippen molar-refractivity contribution in [2.75, 3.05) is 0 Å². The molecule has 4 nitrogen and oxygen atoms in total. The summed E-state index contributed by atoms with van der Waals surface area (Å²) in [7, 11) is 0. The number of carbonyl (C=O) groups excluding carboxylic acids is 2. The number of Topliss-reactive ketones (excluding diaryl/α,β-unsaturated/α-hetero) is 1. The molecule has 2 fully saturated rings. The summed E-state index contributed by atoms with van der Waals surface area (Å²) >= 11 is 0. The predicted octanol–water partition coefficient (Wildman–Crippen LogP) is 1.76. The quantitative estimate of drug-likeness (QED) is 0.677. The number of fused-ring (bicyclic) bond motifs is 2. The number of ether oxygens (including phenoxy) is 1. The van der Waals surface area contributed by atoms with Crippen molar-refractivity contribution < 1.29 is 19.4 Å². The van der Waals surface area contributed by atoms with E-state index < -0.39 is 11.0 Å². The van der Waals surface area contributed by atoms with E-state index in [0.717, 1.165) is 5.57 Å². The summed E-state index contributed by atoms with van der Waals surface area (Å²) < 4.78 is 5.36. The Labute approximate surface area is 112 Å². The lowest BCUT2D eigenvalue weighted by atomic mass is 9.53. The van der Waals surface area contributed by atoms with Crippen LogP contribution in [0.25, 0.3) is 0 Å². The maximum absolute atomic E-state index is 12.3. The number of rotatable bonds is 0. The number of esters is 1. The molecule has 3 aliphatic rings. The highest BCUT2D eigenvalue weighted by atomic mass is 16.5. The van der Waals surface area contributed by atoms with Crippen molar-refractivity contribution in [3.8, 4) is 0 Å². The Morgan fingerprint density at radius 2 is 2.00 bits per heavy atom. The molecule has 0 radical (unpaired) electrons. The summed E-state index contributed by atoms with van der Waals surface area (Å²) in [6.07, 6.45) is 1.78. The molecule has 19 heavy (non-hydrogen) atoms. The minimum atomic E-state index is -0.841. The second-order valence-corrected chi connectivity index (χ2v) is 6.70. The Kier molecular flexibility index (Phi) is 2.50. The van der Waals surface area contributed by atoms with Gasteiger partial charge >= 0.3 is 5.97 Å². The van der Waals surface area contributed by atoms with Gasteiger partial charge in [0.05, 0.1) is 5.60 Å². The largest absolute Gasteiger partial charge is 0.454 e. The summed E-state index contributed by atoms with van der Waals surface area (Å²) in [6.45, 7) is 5.52. The average Bonchev–Trinajstić information content (AvgIpc) is 2.59. The van der Waals surface area contributed by atoms with E-state index in [-0.39, 0.29) is 23.8 Å². The van der Waals surface area contributed by atoms with Crippen LogP contribution in [0.3, 0.4) is 0 Å². The highest BCUT2D eigenvalue weighted by molar-refractivity contribution is 5.93. The molecule has 0 amide bonds. The highest BCUT2D eigenvalue weighted by Gasteiger charge is 2.58. The van der Waals surface area contributed by atoms with Gasteiger partial charge in [0.2, 0.25) is 0 Å². The molecule has 3 rings (SSSR count). The van der Waals surface area contributed by atoms with Crippen LogP contribution in [0.2, 0.25) is 0 Å². The Balaban J connectivity index is 2.04. The van der Waals surface area contributed by atoms with Crippen molar-refractivity contribution >= 4 is 11.8 Å². The third-order valence-electron chi connectivity index (χ3n) is 5.47. The number of hydrogen-bond donors (Lipinski definition) is 1. The SMILES string of the molecule is CC1=C2CC3C(C)(O)CCC(=O)C3(C)CC2OC1=O. The second-order valence-electron chi connectivity index (χ2n) is 6.70. The minimum Gasteiger partial charge on any atom is -0.454 e. The third-order valence-corrected chi connectivity index (χ3v) is 5.47. The van der Waals surface area contributed by atoms with Gasteiger partial charge in [-0.05, 0) is 32.3 Å². The van der Waals surface area contributed by atoms with Gasteiger partial charge in [0.15, 0.2) is 0 Å². The van der Waals surface area contributed by atoms with Crippen molar-refractivity contribution in [3.63, 3.8) is 0 Å². The van der Waals surface area contributed by atoms with Gasteiger partial charge in [0.25, 0.3) is 0 Å². The molecule has 104 valence electrons. The van der Waals surface area contributed by atoms with Crippen molar-refractivity contribution in [1.82, 2.24) is 0 Å². The van der Waals surface area contributed by atoms with E-state index in [2.05, 4.69) is 0 Å². The fraction of sp³-hybridized carbons (Fsp3) is 0.733. The Morgan fingerprint density at radius 3 is 2.68 bits per heavy atom. The van der Waals surface area contributed by atoms with Crippen LogP contribution in [0.15, 0.2) is 11.1 Å². The molecule has 0 saturated heterocycles. The first-order chi connectivity index (χ1) is 8.75. The molecule has 2 saturated carbocycles. The zero-order chi connectivity index (χ0) is 14.0.